The van der Waals surface area contributed by atoms with Crippen LogP contribution in [0.1, 0.15) is 38.3 Å². The third kappa shape index (κ3) is 6.92. The second-order valence-electron chi connectivity index (χ2n) is 8.39. The van der Waals surface area contributed by atoms with Gasteiger partial charge in [-0.2, -0.15) is 0 Å². The molecule has 0 radical (unpaired) electrons. The number of ether oxygens (including phenoxy) is 5. The van der Waals surface area contributed by atoms with Crippen LogP contribution in [0, 0.1) is 0 Å². The zero-order chi connectivity index (χ0) is 21.2. The van der Waals surface area contributed by atoms with Gasteiger partial charge in [0.15, 0.2) is 11.5 Å². The van der Waals surface area contributed by atoms with E-state index >= 15 is 0 Å². The smallest absolute Gasteiger partial charge is 0.161 e. The average molecular weight is 415 g/mol. The summed E-state index contributed by atoms with van der Waals surface area (Å²) in [5.41, 5.74) is 2.56. The van der Waals surface area contributed by atoms with E-state index in [0.717, 1.165) is 30.1 Å². The van der Waals surface area contributed by atoms with Gasteiger partial charge >= 0.3 is 0 Å². The topological polar surface area (TPSA) is 46.2 Å². The van der Waals surface area contributed by atoms with Gasteiger partial charge < -0.3 is 23.7 Å². The minimum Gasteiger partial charge on any atom is -0.491 e. The van der Waals surface area contributed by atoms with Crippen molar-refractivity contribution < 1.29 is 23.7 Å². The average Bonchev–Trinajstić information content (AvgIpc) is 2.72. The molecule has 2 aromatic rings. The molecule has 0 atom stereocenters. The molecule has 0 unspecified atom stereocenters. The highest BCUT2D eigenvalue weighted by molar-refractivity contribution is 5.40. The first-order chi connectivity index (χ1) is 14.5. The Balaban J connectivity index is 1.63. The molecule has 0 saturated carbocycles. The monoisotopic (exact) mass is 414 g/mol. The maximum Gasteiger partial charge on any atom is 0.161 e. The fourth-order valence-electron chi connectivity index (χ4n) is 3.25. The fraction of sp³-hybridized carbons (Fsp3) is 0.520. The third-order valence-electron chi connectivity index (χ3n) is 4.97. The number of fused-ring (bicyclic) bond motifs is 2. The molecule has 0 aliphatic carbocycles. The molecule has 3 rings (SSSR count). The lowest BCUT2D eigenvalue weighted by Crippen LogP contribution is -2.15. The van der Waals surface area contributed by atoms with E-state index < -0.39 is 0 Å². The zero-order valence-electron chi connectivity index (χ0n) is 18.4. The lowest BCUT2D eigenvalue weighted by atomic mass is 9.86. The van der Waals surface area contributed by atoms with Crippen LogP contribution in [-0.4, -0.2) is 46.2 Å². The zero-order valence-corrected chi connectivity index (χ0v) is 18.4. The van der Waals surface area contributed by atoms with E-state index in [-0.39, 0.29) is 5.41 Å². The van der Waals surface area contributed by atoms with Crippen molar-refractivity contribution in [2.45, 2.75) is 39.0 Å². The lowest BCUT2D eigenvalue weighted by Gasteiger charge is -2.22. The third-order valence-corrected chi connectivity index (χ3v) is 4.97. The number of benzene rings is 2. The predicted octanol–water partition coefficient (Wildman–Crippen LogP) is 4.80. The molecule has 0 spiro atoms. The van der Waals surface area contributed by atoms with Crippen molar-refractivity contribution in [3.8, 4) is 17.2 Å². The van der Waals surface area contributed by atoms with Crippen LogP contribution in [0.2, 0.25) is 0 Å². The summed E-state index contributed by atoms with van der Waals surface area (Å²) in [5, 5.41) is 0. The first kappa shape index (κ1) is 22.4. The van der Waals surface area contributed by atoms with E-state index in [4.69, 9.17) is 23.7 Å². The van der Waals surface area contributed by atoms with Gasteiger partial charge in [0, 0.05) is 6.61 Å². The van der Waals surface area contributed by atoms with Crippen LogP contribution >= 0.6 is 0 Å². The van der Waals surface area contributed by atoms with Crippen molar-refractivity contribution in [2.75, 3.05) is 46.2 Å². The van der Waals surface area contributed by atoms with Crippen LogP contribution in [0.4, 0.5) is 0 Å². The van der Waals surface area contributed by atoms with Gasteiger partial charge in [0.1, 0.15) is 25.6 Å². The number of para-hydroxylation sites is 2. The fourth-order valence-corrected chi connectivity index (χ4v) is 3.25. The second kappa shape index (κ2) is 11.2. The summed E-state index contributed by atoms with van der Waals surface area (Å²) in [6, 6.07) is 14.2. The maximum absolute atomic E-state index is 6.10. The molecule has 164 valence electrons. The minimum absolute atomic E-state index is 0.0810. The Bertz CT molecular complexity index is 781. The highest BCUT2D eigenvalue weighted by Crippen LogP contribution is 2.30. The molecule has 0 bridgehead atoms. The maximum atomic E-state index is 6.10. The van der Waals surface area contributed by atoms with Crippen LogP contribution in [0.5, 0.6) is 17.2 Å². The first-order valence-corrected chi connectivity index (χ1v) is 10.8. The van der Waals surface area contributed by atoms with Gasteiger partial charge in [-0.15, -0.1) is 0 Å². The standard InChI is InChI=1S/C25H34O5/c1-25(2,3)21-11-10-20-7-6-12-26-13-16-28-22-8-4-5-9-23(22)29-17-14-27-15-18-30-24(20)19-21/h4-5,8-11,19H,6-7,12-18H2,1-3H3. The summed E-state index contributed by atoms with van der Waals surface area (Å²) in [5.74, 6) is 2.40. The molecule has 0 saturated heterocycles. The van der Waals surface area contributed by atoms with Gasteiger partial charge in [0.2, 0.25) is 0 Å². The van der Waals surface area contributed by atoms with Crippen molar-refractivity contribution in [2.24, 2.45) is 0 Å². The largest absolute Gasteiger partial charge is 0.491 e. The summed E-state index contributed by atoms with van der Waals surface area (Å²) < 4.78 is 29.2. The highest BCUT2D eigenvalue weighted by Gasteiger charge is 2.16. The first-order valence-electron chi connectivity index (χ1n) is 10.8. The molecule has 5 heteroatoms. The van der Waals surface area contributed by atoms with Gasteiger partial charge in [-0.25, -0.2) is 0 Å². The normalized spacial score (nSPS) is 17.2. The van der Waals surface area contributed by atoms with Crippen molar-refractivity contribution in [3.05, 3.63) is 53.6 Å². The summed E-state index contributed by atoms with van der Waals surface area (Å²) in [7, 11) is 0. The number of rotatable bonds is 0. The molecule has 1 aliphatic rings. The molecule has 0 amide bonds. The highest BCUT2D eigenvalue weighted by atomic mass is 16.6. The van der Waals surface area contributed by atoms with Crippen molar-refractivity contribution in [1.82, 2.24) is 0 Å². The molecule has 2 aromatic carbocycles. The van der Waals surface area contributed by atoms with E-state index in [9.17, 15) is 0 Å². The molecule has 0 fully saturated rings. The van der Waals surface area contributed by atoms with E-state index in [1.54, 1.807) is 0 Å². The van der Waals surface area contributed by atoms with E-state index in [0.29, 0.717) is 46.2 Å². The van der Waals surface area contributed by atoms with Gasteiger partial charge in [0.25, 0.3) is 0 Å². The molecule has 1 heterocycles. The van der Waals surface area contributed by atoms with Crippen molar-refractivity contribution in [1.29, 1.82) is 0 Å². The Labute approximate surface area is 180 Å². The van der Waals surface area contributed by atoms with Crippen LogP contribution in [0.25, 0.3) is 0 Å². The van der Waals surface area contributed by atoms with Crippen LogP contribution < -0.4 is 14.2 Å². The van der Waals surface area contributed by atoms with Crippen LogP contribution in [0.15, 0.2) is 42.5 Å². The van der Waals surface area contributed by atoms with E-state index in [1.165, 1.54) is 11.1 Å². The summed E-state index contributed by atoms with van der Waals surface area (Å²) >= 11 is 0. The number of hydrogen-bond acceptors (Lipinski definition) is 5. The van der Waals surface area contributed by atoms with Crippen molar-refractivity contribution >= 4 is 0 Å². The Morgan fingerprint density at radius 2 is 1.20 bits per heavy atom. The van der Waals surface area contributed by atoms with Crippen LogP contribution in [-0.2, 0) is 21.3 Å². The Morgan fingerprint density at radius 1 is 0.633 bits per heavy atom. The Morgan fingerprint density at radius 3 is 1.80 bits per heavy atom. The molecular formula is C25H34O5. The summed E-state index contributed by atoms with van der Waals surface area (Å²) in [6.07, 6.45) is 1.85. The number of hydrogen-bond donors (Lipinski definition) is 0. The summed E-state index contributed by atoms with van der Waals surface area (Å²) in [4.78, 5) is 0. The summed E-state index contributed by atoms with van der Waals surface area (Å²) in [6.45, 7) is 10.4. The van der Waals surface area contributed by atoms with Gasteiger partial charge in [0.05, 0.1) is 19.8 Å². The van der Waals surface area contributed by atoms with Gasteiger partial charge in [-0.3, -0.25) is 0 Å². The van der Waals surface area contributed by atoms with Gasteiger partial charge in [-0.05, 0) is 47.6 Å². The molecule has 1 aliphatic heterocycles. The van der Waals surface area contributed by atoms with Gasteiger partial charge in [-0.1, -0.05) is 45.0 Å². The Kier molecular flexibility index (Phi) is 8.40. The number of aryl methyl sites for hydroxylation is 1. The quantitative estimate of drug-likeness (QED) is 0.620. The Hall–Kier alpha value is -2.24. The molecule has 0 N–H and O–H groups in total. The lowest BCUT2D eigenvalue weighted by molar-refractivity contribution is 0.0727. The molecule has 0 aromatic heterocycles. The SMILES string of the molecule is CC(C)(C)c1ccc2c(c1)OCCOCCOc1ccccc1OCCOCCC2. The van der Waals surface area contributed by atoms with E-state index in [1.807, 2.05) is 24.3 Å². The second-order valence-corrected chi connectivity index (χ2v) is 8.39. The van der Waals surface area contributed by atoms with Crippen LogP contribution in [0.3, 0.4) is 0 Å². The van der Waals surface area contributed by atoms with Crippen molar-refractivity contribution in [3.63, 3.8) is 0 Å². The molecule has 5 nitrogen and oxygen atoms in total. The van der Waals surface area contributed by atoms with E-state index in [2.05, 4.69) is 39.0 Å². The molecular weight excluding hydrogens is 380 g/mol. The predicted molar refractivity (Wildman–Crippen MR) is 118 cm³/mol. The molecule has 30 heavy (non-hydrogen) atoms. The minimum atomic E-state index is 0.0810.